The zero-order valence-electron chi connectivity index (χ0n) is 15.0. The van der Waals surface area contributed by atoms with E-state index in [-0.39, 0.29) is 6.03 Å². The number of benzene rings is 2. The molecule has 0 radical (unpaired) electrons. The third-order valence-electron chi connectivity index (χ3n) is 4.58. The molecule has 0 bridgehead atoms. The van der Waals surface area contributed by atoms with E-state index in [1.54, 1.807) is 0 Å². The highest BCUT2D eigenvalue weighted by molar-refractivity contribution is 5.74. The largest absolute Gasteiger partial charge is 0.378 e. The summed E-state index contributed by atoms with van der Waals surface area (Å²) >= 11 is 0. The molecular weight excluding hydrogens is 312 g/mol. The molecule has 2 aromatic rings. The summed E-state index contributed by atoms with van der Waals surface area (Å²) in [5.74, 6) is 0. The smallest absolute Gasteiger partial charge is 0.317 e. The van der Waals surface area contributed by atoms with E-state index >= 15 is 0 Å². The first-order chi connectivity index (χ1) is 12.1. The molecule has 132 valence electrons. The fourth-order valence-electron chi connectivity index (χ4n) is 3.01. The van der Waals surface area contributed by atoms with Crippen molar-refractivity contribution in [2.24, 2.45) is 0 Å². The van der Waals surface area contributed by atoms with Gasteiger partial charge < -0.3 is 20.0 Å². The monoisotopic (exact) mass is 338 g/mol. The Morgan fingerprint density at radius 2 is 1.60 bits per heavy atom. The van der Waals surface area contributed by atoms with Gasteiger partial charge in [0, 0.05) is 58.2 Å². The maximum Gasteiger partial charge on any atom is 0.317 e. The van der Waals surface area contributed by atoms with Crippen molar-refractivity contribution in [3.05, 3.63) is 60.2 Å². The highest BCUT2D eigenvalue weighted by Crippen LogP contribution is 2.20. The Bertz CT molecular complexity index is 677. The van der Waals surface area contributed by atoms with Crippen molar-refractivity contribution < 1.29 is 4.79 Å². The quantitative estimate of drug-likeness (QED) is 0.932. The predicted molar refractivity (Wildman–Crippen MR) is 103 cm³/mol. The van der Waals surface area contributed by atoms with Crippen molar-refractivity contribution in [3.8, 4) is 0 Å². The summed E-state index contributed by atoms with van der Waals surface area (Å²) in [7, 11) is 4.09. The zero-order chi connectivity index (χ0) is 17.6. The van der Waals surface area contributed by atoms with Gasteiger partial charge in [0.2, 0.25) is 0 Å². The lowest BCUT2D eigenvalue weighted by Gasteiger charge is -2.36. The van der Waals surface area contributed by atoms with E-state index in [4.69, 9.17) is 0 Å². The van der Waals surface area contributed by atoms with Crippen molar-refractivity contribution in [1.82, 2.24) is 10.2 Å². The third kappa shape index (κ3) is 4.44. The maximum atomic E-state index is 12.3. The number of amides is 2. The summed E-state index contributed by atoms with van der Waals surface area (Å²) in [6.45, 7) is 3.79. The maximum absolute atomic E-state index is 12.3. The number of rotatable bonds is 4. The normalized spacial score (nSPS) is 14.3. The Morgan fingerprint density at radius 3 is 2.20 bits per heavy atom. The Balaban J connectivity index is 1.48. The lowest BCUT2D eigenvalue weighted by atomic mass is 10.2. The summed E-state index contributed by atoms with van der Waals surface area (Å²) in [5.41, 5.74) is 3.54. The zero-order valence-corrected chi connectivity index (χ0v) is 15.0. The van der Waals surface area contributed by atoms with Crippen LogP contribution < -0.4 is 15.1 Å². The summed E-state index contributed by atoms with van der Waals surface area (Å²) in [6, 6.07) is 18.6. The number of hydrogen-bond donors (Lipinski definition) is 1. The van der Waals surface area contributed by atoms with Crippen LogP contribution in [0.5, 0.6) is 0 Å². The number of nitrogens with one attached hydrogen (secondary N) is 1. The van der Waals surface area contributed by atoms with Crippen LogP contribution in [0, 0.1) is 0 Å². The van der Waals surface area contributed by atoms with Gasteiger partial charge in [-0.15, -0.1) is 0 Å². The van der Waals surface area contributed by atoms with Crippen LogP contribution in [0.1, 0.15) is 5.56 Å². The molecule has 25 heavy (non-hydrogen) atoms. The lowest BCUT2D eigenvalue weighted by molar-refractivity contribution is 0.194. The molecule has 2 aromatic carbocycles. The molecule has 0 unspecified atom stereocenters. The van der Waals surface area contributed by atoms with E-state index in [1.165, 1.54) is 11.4 Å². The van der Waals surface area contributed by atoms with Gasteiger partial charge in [-0.2, -0.15) is 0 Å². The summed E-state index contributed by atoms with van der Waals surface area (Å²) in [4.78, 5) is 18.7. The average molecular weight is 338 g/mol. The Kier molecular flexibility index (Phi) is 5.43. The number of anilines is 2. The molecule has 0 saturated carbocycles. The number of carbonyl (C=O) groups is 1. The molecule has 3 rings (SSSR count). The standard InChI is InChI=1S/C20H26N4O/c1-22(2)18-8-10-19(11-9-18)23-12-14-24(15-13-23)20(25)21-16-17-6-4-3-5-7-17/h3-11H,12-16H2,1-2H3,(H,21,25). The summed E-state index contributed by atoms with van der Waals surface area (Å²) in [6.07, 6.45) is 0. The number of hydrogen-bond acceptors (Lipinski definition) is 3. The molecule has 5 heteroatoms. The SMILES string of the molecule is CN(C)c1ccc(N2CCN(C(=O)NCc3ccccc3)CC2)cc1. The molecule has 1 aliphatic heterocycles. The van der Waals surface area contributed by atoms with E-state index in [1.807, 2.05) is 49.3 Å². The molecular formula is C20H26N4O. The molecule has 2 amide bonds. The van der Waals surface area contributed by atoms with Gasteiger partial charge in [0.15, 0.2) is 0 Å². The van der Waals surface area contributed by atoms with Crippen LogP contribution in [-0.2, 0) is 6.54 Å². The third-order valence-corrected chi connectivity index (χ3v) is 4.58. The van der Waals surface area contributed by atoms with Gasteiger partial charge in [-0.3, -0.25) is 0 Å². The average Bonchev–Trinajstić information content (AvgIpc) is 2.67. The van der Waals surface area contributed by atoms with Crippen LogP contribution in [0.2, 0.25) is 0 Å². The predicted octanol–water partition coefficient (Wildman–Crippen LogP) is 2.78. The topological polar surface area (TPSA) is 38.8 Å². The van der Waals surface area contributed by atoms with E-state index < -0.39 is 0 Å². The van der Waals surface area contributed by atoms with Crippen LogP contribution in [0.4, 0.5) is 16.2 Å². The number of carbonyl (C=O) groups excluding carboxylic acids is 1. The van der Waals surface area contributed by atoms with Crippen molar-refractivity contribution in [2.45, 2.75) is 6.54 Å². The van der Waals surface area contributed by atoms with E-state index in [9.17, 15) is 4.79 Å². The van der Waals surface area contributed by atoms with E-state index in [0.29, 0.717) is 6.54 Å². The second kappa shape index (κ2) is 7.92. The molecule has 0 aliphatic carbocycles. The Labute approximate surface area is 149 Å². The second-order valence-corrected chi connectivity index (χ2v) is 6.53. The molecule has 1 aliphatic rings. The van der Waals surface area contributed by atoms with Crippen molar-refractivity contribution in [1.29, 1.82) is 0 Å². The van der Waals surface area contributed by atoms with Gasteiger partial charge in [0.1, 0.15) is 0 Å². The molecule has 1 fully saturated rings. The first-order valence-corrected chi connectivity index (χ1v) is 8.72. The molecule has 0 spiro atoms. The molecule has 1 N–H and O–H groups in total. The van der Waals surface area contributed by atoms with Gasteiger partial charge in [-0.1, -0.05) is 30.3 Å². The summed E-state index contributed by atoms with van der Waals surface area (Å²) < 4.78 is 0. The molecule has 1 saturated heterocycles. The van der Waals surface area contributed by atoms with Crippen LogP contribution >= 0.6 is 0 Å². The van der Waals surface area contributed by atoms with Crippen LogP contribution in [0.15, 0.2) is 54.6 Å². The van der Waals surface area contributed by atoms with Gasteiger partial charge >= 0.3 is 6.03 Å². The van der Waals surface area contributed by atoms with E-state index in [2.05, 4.69) is 39.4 Å². The van der Waals surface area contributed by atoms with E-state index in [0.717, 1.165) is 31.7 Å². The second-order valence-electron chi connectivity index (χ2n) is 6.53. The lowest BCUT2D eigenvalue weighted by Crippen LogP contribution is -2.51. The number of urea groups is 1. The Hall–Kier alpha value is -2.69. The molecule has 5 nitrogen and oxygen atoms in total. The Morgan fingerprint density at radius 1 is 0.960 bits per heavy atom. The molecule has 0 atom stereocenters. The minimum atomic E-state index is 0.0199. The van der Waals surface area contributed by atoms with Crippen molar-refractivity contribution in [3.63, 3.8) is 0 Å². The minimum Gasteiger partial charge on any atom is -0.378 e. The number of piperazine rings is 1. The molecule has 0 aromatic heterocycles. The van der Waals surface area contributed by atoms with Crippen molar-refractivity contribution in [2.75, 3.05) is 50.1 Å². The highest BCUT2D eigenvalue weighted by atomic mass is 16.2. The first kappa shape index (κ1) is 17.1. The van der Waals surface area contributed by atoms with Gasteiger partial charge in [0.05, 0.1) is 0 Å². The van der Waals surface area contributed by atoms with Crippen molar-refractivity contribution >= 4 is 17.4 Å². The van der Waals surface area contributed by atoms with Crippen LogP contribution in [0.3, 0.4) is 0 Å². The highest BCUT2D eigenvalue weighted by Gasteiger charge is 2.21. The first-order valence-electron chi connectivity index (χ1n) is 8.72. The van der Waals surface area contributed by atoms with Crippen LogP contribution in [0.25, 0.3) is 0 Å². The fraction of sp³-hybridized carbons (Fsp3) is 0.350. The van der Waals surface area contributed by atoms with Gasteiger partial charge in [-0.25, -0.2) is 4.79 Å². The minimum absolute atomic E-state index is 0.0199. The van der Waals surface area contributed by atoms with Gasteiger partial charge in [-0.05, 0) is 29.8 Å². The molecule has 1 heterocycles. The fourth-order valence-corrected chi connectivity index (χ4v) is 3.01. The summed E-state index contributed by atoms with van der Waals surface area (Å²) in [5, 5.41) is 3.01. The number of nitrogens with zero attached hydrogens (tertiary/aromatic N) is 3. The van der Waals surface area contributed by atoms with Crippen LogP contribution in [-0.4, -0.2) is 51.2 Å². The van der Waals surface area contributed by atoms with Gasteiger partial charge in [0.25, 0.3) is 0 Å².